The fourth-order valence-corrected chi connectivity index (χ4v) is 4.50. The van der Waals surface area contributed by atoms with Crippen molar-refractivity contribution in [2.24, 2.45) is 0 Å². The van der Waals surface area contributed by atoms with Crippen molar-refractivity contribution in [1.82, 2.24) is 29.8 Å². The van der Waals surface area contributed by atoms with Crippen molar-refractivity contribution < 1.29 is 4.79 Å². The third kappa shape index (κ3) is 5.18. The molecule has 0 saturated heterocycles. The van der Waals surface area contributed by atoms with Gasteiger partial charge in [-0.2, -0.15) is 0 Å². The lowest BCUT2D eigenvalue weighted by Crippen LogP contribution is -2.30. The molecular formula is C29H28N6O2. The Morgan fingerprint density at radius 3 is 2.32 bits per heavy atom. The lowest BCUT2D eigenvalue weighted by Gasteiger charge is -2.10. The first-order chi connectivity index (χ1) is 18.2. The maximum atomic E-state index is 13.4. The molecule has 0 unspecified atom stereocenters. The van der Waals surface area contributed by atoms with Crippen LogP contribution >= 0.6 is 0 Å². The highest BCUT2D eigenvalue weighted by Gasteiger charge is 2.18. The third-order valence-electron chi connectivity index (χ3n) is 6.47. The van der Waals surface area contributed by atoms with E-state index in [1.807, 2.05) is 54.6 Å². The Bertz CT molecular complexity index is 1530. The molecule has 0 aliphatic heterocycles. The monoisotopic (exact) mass is 492 g/mol. The number of unbranched alkanes of at least 4 members (excludes halogenated alkanes) is 2. The van der Waals surface area contributed by atoms with E-state index >= 15 is 0 Å². The SMILES string of the molecule is CCCCCc1cn(C(=O)c2ccccc2)c(=O)n1Cc1ccc(-c2ccccc2-c2nnn[nH]2)cc1. The first-order valence-electron chi connectivity index (χ1n) is 12.5. The van der Waals surface area contributed by atoms with Crippen molar-refractivity contribution in [2.75, 3.05) is 0 Å². The molecule has 0 fully saturated rings. The molecule has 2 heterocycles. The van der Waals surface area contributed by atoms with Crippen LogP contribution in [0.3, 0.4) is 0 Å². The zero-order valence-corrected chi connectivity index (χ0v) is 20.7. The number of aromatic nitrogens is 6. The van der Waals surface area contributed by atoms with Crippen molar-refractivity contribution in [2.45, 2.75) is 39.2 Å². The lowest BCUT2D eigenvalue weighted by atomic mass is 9.98. The summed E-state index contributed by atoms with van der Waals surface area (Å²) in [6, 6.07) is 24.9. The zero-order chi connectivity index (χ0) is 25.6. The number of carbonyl (C=O) groups excluding carboxylic acids is 1. The summed E-state index contributed by atoms with van der Waals surface area (Å²) in [7, 11) is 0. The number of nitrogens with zero attached hydrogens (tertiary/aromatic N) is 5. The molecule has 5 rings (SSSR count). The van der Waals surface area contributed by atoms with Crippen LogP contribution in [0.1, 0.15) is 47.8 Å². The van der Waals surface area contributed by atoms with Crippen molar-refractivity contribution in [3.63, 3.8) is 0 Å². The second-order valence-corrected chi connectivity index (χ2v) is 8.98. The van der Waals surface area contributed by atoms with Crippen LogP contribution in [0.15, 0.2) is 89.9 Å². The minimum absolute atomic E-state index is 0.310. The molecule has 0 bridgehead atoms. The van der Waals surface area contributed by atoms with Gasteiger partial charge in [-0.3, -0.25) is 9.36 Å². The Labute approximate surface area is 214 Å². The first kappa shape index (κ1) is 24.1. The van der Waals surface area contributed by atoms with E-state index in [1.165, 1.54) is 4.57 Å². The molecule has 5 aromatic rings. The summed E-state index contributed by atoms with van der Waals surface area (Å²) in [5.74, 6) is 0.294. The number of benzene rings is 3. The molecule has 0 radical (unpaired) electrons. The van der Waals surface area contributed by atoms with Gasteiger partial charge in [0.15, 0.2) is 5.82 Å². The summed E-state index contributed by atoms with van der Waals surface area (Å²) in [5.41, 5.74) is 4.96. The van der Waals surface area contributed by atoms with Crippen molar-refractivity contribution in [3.8, 4) is 22.5 Å². The molecule has 0 aliphatic rings. The summed E-state index contributed by atoms with van der Waals surface area (Å²) in [4.78, 5) is 26.5. The Hall–Kier alpha value is -4.59. The maximum absolute atomic E-state index is 13.4. The summed E-state index contributed by atoms with van der Waals surface area (Å²) >= 11 is 0. The van der Waals surface area contributed by atoms with E-state index in [2.05, 4.69) is 27.5 Å². The fraction of sp³-hybridized carbons (Fsp3) is 0.207. The van der Waals surface area contributed by atoms with E-state index in [0.29, 0.717) is 17.9 Å². The highest BCUT2D eigenvalue weighted by Crippen LogP contribution is 2.29. The third-order valence-corrected chi connectivity index (χ3v) is 6.47. The van der Waals surface area contributed by atoms with E-state index in [0.717, 1.165) is 53.6 Å². The van der Waals surface area contributed by atoms with Gasteiger partial charge in [0.1, 0.15) is 0 Å². The molecule has 3 aromatic carbocycles. The standard InChI is InChI=1S/C29H28N6O2/c1-2-3-5-12-24-20-35(28(36)23-10-6-4-7-11-23)29(37)34(24)19-21-15-17-22(18-16-21)25-13-8-9-14-26(25)27-30-32-33-31-27/h4,6-11,13-18,20H,2-3,5,12,19H2,1H3,(H,30,31,32,33). The van der Waals surface area contributed by atoms with E-state index in [9.17, 15) is 9.59 Å². The molecule has 1 N–H and O–H groups in total. The highest BCUT2D eigenvalue weighted by molar-refractivity contribution is 5.95. The van der Waals surface area contributed by atoms with Crippen LogP contribution in [-0.4, -0.2) is 35.7 Å². The predicted molar refractivity (Wildman–Crippen MR) is 142 cm³/mol. The van der Waals surface area contributed by atoms with Crippen molar-refractivity contribution in [1.29, 1.82) is 0 Å². The summed E-state index contributed by atoms with van der Waals surface area (Å²) < 4.78 is 2.96. The minimum atomic E-state index is -0.312. The Morgan fingerprint density at radius 1 is 0.892 bits per heavy atom. The molecular weight excluding hydrogens is 464 g/mol. The Morgan fingerprint density at radius 2 is 1.62 bits per heavy atom. The number of H-pyrrole nitrogens is 1. The predicted octanol–water partition coefficient (Wildman–Crippen LogP) is 4.97. The van der Waals surface area contributed by atoms with E-state index < -0.39 is 0 Å². The fourth-order valence-electron chi connectivity index (χ4n) is 4.50. The number of aryl methyl sites for hydroxylation is 1. The molecule has 0 atom stereocenters. The number of imidazole rings is 1. The largest absolute Gasteiger partial charge is 0.335 e. The number of nitrogens with one attached hydrogen (secondary N) is 1. The van der Waals surface area contributed by atoms with Crippen LogP contribution in [0, 0.1) is 0 Å². The van der Waals surface area contributed by atoms with Crippen LogP contribution in [-0.2, 0) is 13.0 Å². The number of aromatic amines is 1. The smallest absolute Gasteiger partial charge is 0.292 e. The van der Waals surface area contributed by atoms with Crippen LogP contribution in [0.4, 0.5) is 0 Å². The average Bonchev–Trinajstić information content (AvgIpc) is 3.59. The average molecular weight is 493 g/mol. The summed E-state index contributed by atoms with van der Waals surface area (Å²) in [6.45, 7) is 2.54. The van der Waals surface area contributed by atoms with Gasteiger partial charge in [0.05, 0.1) is 6.54 Å². The second-order valence-electron chi connectivity index (χ2n) is 8.98. The molecule has 0 aliphatic carbocycles. The molecule has 0 saturated carbocycles. The van der Waals surface area contributed by atoms with Gasteiger partial charge in [0, 0.05) is 23.0 Å². The van der Waals surface area contributed by atoms with Gasteiger partial charge in [0.25, 0.3) is 5.91 Å². The maximum Gasteiger partial charge on any atom is 0.335 e. The molecule has 2 aromatic heterocycles. The minimum Gasteiger partial charge on any atom is -0.292 e. The van der Waals surface area contributed by atoms with E-state index in [4.69, 9.17) is 0 Å². The van der Waals surface area contributed by atoms with Crippen LogP contribution < -0.4 is 5.69 Å². The Kier molecular flexibility index (Phi) is 7.16. The number of hydrogen-bond acceptors (Lipinski definition) is 5. The molecule has 0 amide bonds. The molecule has 37 heavy (non-hydrogen) atoms. The van der Waals surface area contributed by atoms with Gasteiger partial charge in [-0.25, -0.2) is 14.5 Å². The number of carbonyl (C=O) groups is 1. The van der Waals surface area contributed by atoms with Crippen LogP contribution in [0.2, 0.25) is 0 Å². The number of hydrogen-bond donors (Lipinski definition) is 1. The van der Waals surface area contributed by atoms with Crippen molar-refractivity contribution >= 4 is 5.91 Å². The van der Waals surface area contributed by atoms with Gasteiger partial charge < -0.3 is 0 Å². The highest BCUT2D eigenvalue weighted by atomic mass is 16.2. The van der Waals surface area contributed by atoms with Gasteiger partial charge in [-0.05, 0) is 52.1 Å². The second kappa shape index (κ2) is 11.0. The van der Waals surface area contributed by atoms with E-state index in [1.54, 1.807) is 35.0 Å². The molecule has 8 nitrogen and oxygen atoms in total. The molecule has 8 heteroatoms. The number of tetrazole rings is 1. The normalized spacial score (nSPS) is 11.1. The quantitative estimate of drug-likeness (QED) is 0.293. The first-order valence-corrected chi connectivity index (χ1v) is 12.5. The van der Waals surface area contributed by atoms with Gasteiger partial charge >= 0.3 is 5.69 Å². The lowest BCUT2D eigenvalue weighted by molar-refractivity contribution is 0.0955. The Balaban J connectivity index is 1.45. The van der Waals surface area contributed by atoms with Gasteiger partial charge in [-0.15, -0.1) is 5.10 Å². The topological polar surface area (TPSA) is 98.5 Å². The van der Waals surface area contributed by atoms with Crippen LogP contribution in [0.25, 0.3) is 22.5 Å². The van der Waals surface area contributed by atoms with Crippen LogP contribution in [0.5, 0.6) is 0 Å². The zero-order valence-electron chi connectivity index (χ0n) is 20.7. The number of rotatable bonds is 9. The van der Waals surface area contributed by atoms with Crippen molar-refractivity contribution in [3.05, 3.63) is 112 Å². The summed E-state index contributed by atoms with van der Waals surface area (Å²) in [6.07, 6.45) is 5.58. The molecule has 186 valence electrons. The van der Waals surface area contributed by atoms with Gasteiger partial charge in [-0.1, -0.05) is 86.5 Å². The van der Waals surface area contributed by atoms with E-state index in [-0.39, 0.29) is 11.6 Å². The summed E-state index contributed by atoms with van der Waals surface area (Å²) in [5, 5.41) is 14.3. The van der Waals surface area contributed by atoms with Gasteiger partial charge in [0.2, 0.25) is 0 Å². The molecule has 0 spiro atoms.